The second kappa shape index (κ2) is 8.86. The number of rotatable bonds is 8. The summed E-state index contributed by atoms with van der Waals surface area (Å²) in [6, 6.07) is 12.8. The highest BCUT2D eigenvalue weighted by Crippen LogP contribution is 2.39. The molecule has 1 aliphatic rings. The van der Waals surface area contributed by atoms with Gasteiger partial charge in [0.05, 0.1) is 42.7 Å². The number of methoxy groups -OCH3 is 1. The minimum absolute atomic E-state index is 0.182. The summed E-state index contributed by atoms with van der Waals surface area (Å²) in [5, 5.41) is 12.8. The highest BCUT2D eigenvalue weighted by molar-refractivity contribution is 6.06. The van der Waals surface area contributed by atoms with E-state index in [1.54, 1.807) is 25.3 Å². The van der Waals surface area contributed by atoms with E-state index in [4.69, 9.17) is 14.2 Å². The first-order valence-electron chi connectivity index (χ1n) is 9.50. The molecule has 1 atom stereocenters. The molecule has 0 aliphatic carbocycles. The Bertz CT molecular complexity index is 1130. The van der Waals surface area contributed by atoms with E-state index in [1.807, 2.05) is 18.2 Å². The number of amides is 1. The summed E-state index contributed by atoms with van der Waals surface area (Å²) >= 11 is 0. The Kier molecular flexibility index (Phi) is 5.84. The lowest BCUT2D eigenvalue weighted by molar-refractivity contribution is -0.116. The van der Waals surface area contributed by atoms with E-state index < -0.39 is 5.92 Å². The molecular weight excluding hydrogens is 384 g/mol. The van der Waals surface area contributed by atoms with Gasteiger partial charge in [0.1, 0.15) is 24.6 Å². The molecule has 4 rings (SSSR count). The summed E-state index contributed by atoms with van der Waals surface area (Å²) in [6.45, 7) is 1.87. The maximum absolute atomic E-state index is 12.7. The molecule has 0 spiro atoms. The fourth-order valence-electron chi connectivity index (χ4n) is 3.44. The van der Waals surface area contributed by atoms with Crippen molar-refractivity contribution in [2.24, 2.45) is 0 Å². The van der Waals surface area contributed by atoms with Crippen LogP contribution in [0.25, 0.3) is 10.9 Å². The van der Waals surface area contributed by atoms with E-state index >= 15 is 0 Å². The van der Waals surface area contributed by atoms with Gasteiger partial charge in [-0.15, -0.1) is 0 Å². The second-order valence-corrected chi connectivity index (χ2v) is 6.73. The van der Waals surface area contributed by atoms with Gasteiger partial charge in [-0.05, 0) is 42.0 Å². The molecule has 0 fully saturated rings. The third-order valence-corrected chi connectivity index (χ3v) is 4.85. The van der Waals surface area contributed by atoms with Gasteiger partial charge in [-0.25, -0.2) is 9.97 Å². The molecule has 1 N–H and O–H groups in total. The zero-order valence-electron chi connectivity index (χ0n) is 16.4. The molecule has 2 aromatic carbocycles. The lowest BCUT2D eigenvalue weighted by atomic mass is 9.93. The number of benzene rings is 2. The Morgan fingerprint density at radius 3 is 2.80 bits per heavy atom. The van der Waals surface area contributed by atoms with Gasteiger partial charge in [0.2, 0.25) is 5.91 Å². The lowest BCUT2D eigenvalue weighted by Gasteiger charge is -2.13. The van der Waals surface area contributed by atoms with Crippen LogP contribution in [0.4, 0.5) is 5.69 Å². The number of nitrogens with zero attached hydrogens (tertiary/aromatic N) is 3. The highest BCUT2D eigenvalue weighted by atomic mass is 16.5. The molecule has 3 aromatic rings. The molecule has 152 valence electrons. The molecule has 1 aliphatic heterocycles. The number of aromatic nitrogens is 2. The standard InChI is InChI=1S/C22H20N4O4/c1-28-6-7-29-8-9-30-15-3-5-18-17(11-15)21(25-13-24-18)20-16-10-14(12-23)2-4-19(16)26-22(20)27/h2-5,10-11,13,20H,6-9H2,1H3,(H,26,27). The largest absolute Gasteiger partial charge is 0.491 e. The van der Waals surface area contributed by atoms with Crippen molar-refractivity contribution in [2.45, 2.75) is 5.92 Å². The maximum atomic E-state index is 12.7. The average Bonchev–Trinajstić information content (AvgIpc) is 3.10. The Hall–Kier alpha value is -3.54. The predicted molar refractivity (Wildman–Crippen MR) is 109 cm³/mol. The number of anilines is 1. The van der Waals surface area contributed by atoms with Gasteiger partial charge in [0, 0.05) is 18.2 Å². The average molecular weight is 404 g/mol. The molecule has 1 unspecified atom stereocenters. The number of hydrogen-bond donors (Lipinski definition) is 1. The van der Waals surface area contributed by atoms with Crippen molar-refractivity contribution in [3.05, 3.63) is 59.5 Å². The fourth-order valence-corrected chi connectivity index (χ4v) is 3.44. The van der Waals surface area contributed by atoms with Gasteiger partial charge in [-0.3, -0.25) is 4.79 Å². The van der Waals surface area contributed by atoms with Crippen LogP contribution in [0.15, 0.2) is 42.7 Å². The summed E-state index contributed by atoms with van der Waals surface area (Å²) in [7, 11) is 1.62. The zero-order chi connectivity index (χ0) is 20.9. The molecule has 1 amide bonds. The van der Waals surface area contributed by atoms with Gasteiger partial charge in [-0.1, -0.05) is 0 Å². The molecule has 0 saturated heterocycles. The van der Waals surface area contributed by atoms with Crippen molar-refractivity contribution in [1.29, 1.82) is 5.26 Å². The van der Waals surface area contributed by atoms with E-state index in [-0.39, 0.29) is 5.91 Å². The molecule has 8 heteroatoms. The van der Waals surface area contributed by atoms with Gasteiger partial charge in [0.15, 0.2) is 0 Å². The van der Waals surface area contributed by atoms with E-state index in [0.717, 1.165) is 10.9 Å². The van der Waals surface area contributed by atoms with Crippen molar-refractivity contribution in [1.82, 2.24) is 9.97 Å². The van der Waals surface area contributed by atoms with Crippen molar-refractivity contribution < 1.29 is 19.0 Å². The SMILES string of the molecule is COCCOCCOc1ccc2ncnc(C3C(=O)Nc4ccc(C#N)cc43)c2c1. The number of nitriles is 1. The molecular formula is C22H20N4O4. The molecule has 8 nitrogen and oxygen atoms in total. The van der Waals surface area contributed by atoms with E-state index in [0.29, 0.717) is 54.6 Å². The molecule has 0 bridgehead atoms. The van der Waals surface area contributed by atoms with Gasteiger partial charge < -0.3 is 19.5 Å². The number of carbonyl (C=O) groups excluding carboxylic acids is 1. The van der Waals surface area contributed by atoms with E-state index in [2.05, 4.69) is 21.4 Å². The Labute approximate surface area is 173 Å². The molecule has 30 heavy (non-hydrogen) atoms. The van der Waals surface area contributed by atoms with E-state index in [1.165, 1.54) is 6.33 Å². The monoisotopic (exact) mass is 404 g/mol. The lowest BCUT2D eigenvalue weighted by Crippen LogP contribution is -2.15. The van der Waals surface area contributed by atoms with Crippen LogP contribution in [0, 0.1) is 11.3 Å². The highest BCUT2D eigenvalue weighted by Gasteiger charge is 2.34. The first-order valence-corrected chi connectivity index (χ1v) is 9.50. The second-order valence-electron chi connectivity index (χ2n) is 6.73. The number of nitrogens with one attached hydrogen (secondary N) is 1. The van der Waals surface area contributed by atoms with Crippen LogP contribution in [0.3, 0.4) is 0 Å². The van der Waals surface area contributed by atoms with Crippen molar-refractivity contribution in [3.8, 4) is 11.8 Å². The van der Waals surface area contributed by atoms with Gasteiger partial charge in [0.25, 0.3) is 0 Å². The minimum Gasteiger partial charge on any atom is -0.491 e. The number of fused-ring (bicyclic) bond motifs is 2. The molecule has 2 heterocycles. The van der Waals surface area contributed by atoms with Gasteiger partial charge >= 0.3 is 0 Å². The predicted octanol–water partition coefficient (Wildman–Crippen LogP) is 2.63. The fraction of sp³-hybridized carbons (Fsp3) is 0.273. The number of ether oxygens (including phenoxy) is 3. The minimum atomic E-state index is -0.619. The third-order valence-electron chi connectivity index (χ3n) is 4.85. The van der Waals surface area contributed by atoms with Crippen LogP contribution < -0.4 is 10.1 Å². The summed E-state index contributed by atoms with van der Waals surface area (Å²) in [5.41, 5.74) is 3.20. The Morgan fingerprint density at radius 1 is 1.10 bits per heavy atom. The smallest absolute Gasteiger partial charge is 0.238 e. The number of carbonyl (C=O) groups is 1. The van der Waals surface area contributed by atoms with Gasteiger partial charge in [-0.2, -0.15) is 5.26 Å². The molecule has 0 saturated carbocycles. The van der Waals surface area contributed by atoms with E-state index in [9.17, 15) is 10.1 Å². The third kappa shape index (κ3) is 3.94. The van der Waals surface area contributed by atoms with Crippen LogP contribution in [-0.4, -0.2) is 49.4 Å². The maximum Gasteiger partial charge on any atom is 0.238 e. The van der Waals surface area contributed by atoms with Crippen LogP contribution in [0.2, 0.25) is 0 Å². The Morgan fingerprint density at radius 2 is 1.97 bits per heavy atom. The van der Waals surface area contributed by atoms with Crippen molar-refractivity contribution in [3.63, 3.8) is 0 Å². The topological polar surface area (TPSA) is 106 Å². The van der Waals surface area contributed by atoms with Crippen LogP contribution in [0.5, 0.6) is 5.75 Å². The zero-order valence-corrected chi connectivity index (χ0v) is 16.4. The normalized spacial score (nSPS) is 14.9. The summed E-state index contributed by atoms with van der Waals surface area (Å²) in [4.78, 5) is 21.5. The number of hydrogen-bond acceptors (Lipinski definition) is 7. The van der Waals surface area contributed by atoms with Crippen LogP contribution >= 0.6 is 0 Å². The Balaban J connectivity index is 1.62. The van der Waals surface area contributed by atoms with Crippen molar-refractivity contribution >= 4 is 22.5 Å². The van der Waals surface area contributed by atoms with Crippen LogP contribution in [-0.2, 0) is 14.3 Å². The first kappa shape index (κ1) is 19.8. The van der Waals surface area contributed by atoms with Crippen molar-refractivity contribution in [2.75, 3.05) is 38.9 Å². The van der Waals surface area contributed by atoms with Crippen LogP contribution in [0.1, 0.15) is 22.7 Å². The quantitative estimate of drug-likeness (QED) is 0.575. The summed E-state index contributed by atoms with van der Waals surface area (Å²) in [6.07, 6.45) is 1.45. The summed E-state index contributed by atoms with van der Waals surface area (Å²) < 4.78 is 16.1. The summed E-state index contributed by atoms with van der Waals surface area (Å²) in [5.74, 6) is -0.164. The molecule has 1 aromatic heterocycles. The first-order chi connectivity index (χ1) is 14.7. The molecule has 0 radical (unpaired) electrons.